The largest absolute Gasteiger partial charge is 0.461 e. The van der Waals surface area contributed by atoms with E-state index in [1.807, 2.05) is 6.07 Å². The predicted molar refractivity (Wildman–Crippen MR) is 55.3 cm³/mol. The van der Waals surface area contributed by atoms with E-state index < -0.39 is 0 Å². The third-order valence-corrected chi connectivity index (χ3v) is 2.30. The molecule has 0 aliphatic heterocycles. The molecule has 0 aliphatic rings. The smallest absolute Gasteiger partial charge is 0.194 e. The third kappa shape index (κ3) is 2.70. The first kappa shape index (κ1) is 11.0. The SMILES string of the molecule is CCN(CC)Cc1coc(C(C)=O)c1. The molecule has 1 heterocycles. The van der Waals surface area contributed by atoms with Gasteiger partial charge >= 0.3 is 0 Å². The molecule has 0 unspecified atom stereocenters. The summed E-state index contributed by atoms with van der Waals surface area (Å²) in [6.07, 6.45) is 1.66. The van der Waals surface area contributed by atoms with Gasteiger partial charge < -0.3 is 4.42 Å². The molecule has 0 spiro atoms. The lowest BCUT2D eigenvalue weighted by molar-refractivity contribution is 0.0987. The molecule has 0 aliphatic carbocycles. The number of carbonyl (C=O) groups excluding carboxylic acids is 1. The molecule has 0 radical (unpaired) electrons. The van der Waals surface area contributed by atoms with Gasteiger partial charge in [-0.3, -0.25) is 9.69 Å². The van der Waals surface area contributed by atoms with Crippen molar-refractivity contribution in [3.8, 4) is 0 Å². The van der Waals surface area contributed by atoms with Crippen LogP contribution in [0.25, 0.3) is 0 Å². The molecule has 1 aromatic heterocycles. The number of Topliss-reactive ketones (excluding diaryl/α,β-unsaturated/α-hetero) is 1. The number of ketones is 1. The Bertz CT molecular complexity index is 300. The van der Waals surface area contributed by atoms with Gasteiger partial charge in [0.25, 0.3) is 0 Å². The predicted octanol–water partition coefficient (Wildman–Crippen LogP) is 2.32. The molecule has 78 valence electrons. The number of carbonyl (C=O) groups is 1. The van der Waals surface area contributed by atoms with Gasteiger partial charge in [0, 0.05) is 19.0 Å². The van der Waals surface area contributed by atoms with E-state index in [1.165, 1.54) is 6.92 Å². The lowest BCUT2D eigenvalue weighted by atomic mass is 10.2. The first-order chi connectivity index (χ1) is 6.67. The Morgan fingerprint density at radius 2 is 2.07 bits per heavy atom. The fourth-order valence-electron chi connectivity index (χ4n) is 1.35. The van der Waals surface area contributed by atoms with E-state index in [2.05, 4.69) is 18.7 Å². The first-order valence-electron chi connectivity index (χ1n) is 4.98. The van der Waals surface area contributed by atoms with Gasteiger partial charge in [0.1, 0.15) is 0 Å². The Morgan fingerprint density at radius 1 is 1.43 bits per heavy atom. The second-order valence-electron chi connectivity index (χ2n) is 3.34. The van der Waals surface area contributed by atoms with Gasteiger partial charge in [-0.25, -0.2) is 0 Å². The Morgan fingerprint density at radius 3 is 2.50 bits per heavy atom. The molecule has 0 fully saturated rings. The van der Waals surface area contributed by atoms with Crippen molar-refractivity contribution in [3.05, 3.63) is 23.7 Å². The van der Waals surface area contributed by atoms with Crippen LogP contribution in [0.4, 0.5) is 0 Å². The minimum absolute atomic E-state index is 0.0178. The quantitative estimate of drug-likeness (QED) is 0.676. The fourth-order valence-corrected chi connectivity index (χ4v) is 1.35. The Labute approximate surface area is 84.7 Å². The summed E-state index contributed by atoms with van der Waals surface area (Å²) < 4.78 is 5.14. The van der Waals surface area contributed by atoms with Crippen LogP contribution in [0, 0.1) is 0 Å². The first-order valence-corrected chi connectivity index (χ1v) is 4.98. The zero-order valence-electron chi connectivity index (χ0n) is 9.04. The van der Waals surface area contributed by atoms with Gasteiger partial charge in [-0.05, 0) is 19.2 Å². The lowest BCUT2D eigenvalue weighted by Crippen LogP contribution is -2.21. The van der Waals surface area contributed by atoms with Crippen LogP contribution in [0.5, 0.6) is 0 Å². The maximum absolute atomic E-state index is 11.0. The highest BCUT2D eigenvalue weighted by Crippen LogP contribution is 2.10. The third-order valence-electron chi connectivity index (χ3n) is 2.30. The highest BCUT2D eigenvalue weighted by Gasteiger charge is 2.08. The van der Waals surface area contributed by atoms with E-state index in [0.29, 0.717) is 5.76 Å². The van der Waals surface area contributed by atoms with E-state index in [9.17, 15) is 4.79 Å². The summed E-state index contributed by atoms with van der Waals surface area (Å²) in [5, 5.41) is 0. The molecule has 1 rings (SSSR count). The second kappa shape index (κ2) is 4.96. The summed E-state index contributed by atoms with van der Waals surface area (Å²) in [5.41, 5.74) is 1.07. The van der Waals surface area contributed by atoms with Crippen LogP contribution in [-0.2, 0) is 6.54 Å². The lowest BCUT2D eigenvalue weighted by Gasteiger charge is -2.16. The van der Waals surface area contributed by atoms with E-state index in [1.54, 1.807) is 6.26 Å². The van der Waals surface area contributed by atoms with Crippen molar-refractivity contribution in [2.45, 2.75) is 27.3 Å². The molecule has 0 N–H and O–H groups in total. The van der Waals surface area contributed by atoms with Crippen molar-refractivity contribution in [2.24, 2.45) is 0 Å². The van der Waals surface area contributed by atoms with E-state index >= 15 is 0 Å². The van der Waals surface area contributed by atoms with Crippen molar-refractivity contribution in [1.29, 1.82) is 0 Å². The fraction of sp³-hybridized carbons (Fsp3) is 0.545. The van der Waals surface area contributed by atoms with Gasteiger partial charge in [-0.2, -0.15) is 0 Å². The second-order valence-corrected chi connectivity index (χ2v) is 3.34. The molecule has 0 saturated carbocycles. The van der Waals surface area contributed by atoms with Crippen molar-refractivity contribution in [3.63, 3.8) is 0 Å². The number of hydrogen-bond donors (Lipinski definition) is 0. The number of rotatable bonds is 5. The van der Waals surface area contributed by atoms with Crippen molar-refractivity contribution in [1.82, 2.24) is 4.90 Å². The zero-order chi connectivity index (χ0) is 10.6. The molecule has 0 atom stereocenters. The van der Waals surface area contributed by atoms with Gasteiger partial charge in [-0.15, -0.1) is 0 Å². The van der Waals surface area contributed by atoms with Crippen LogP contribution in [-0.4, -0.2) is 23.8 Å². The van der Waals surface area contributed by atoms with Gasteiger partial charge in [0.15, 0.2) is 11.5 Å². The summed E-state index contributed by atoms with van der Waals surface area (Å²) in [5.74, 6) is 0.433. The molecule has 0 aromatic carbocycles. The molecule has 3 heteroatoms. The summed E-state index contributed by atoms with van der Waals surface area (Å²) in [7, 11) is 0. The normalized spacial score (nSPS) is 10.9. The Kier molecular flexibility index (Phi) is 3.89. The standard InChI is InChI=1S/C11H17NO2/c1-4-12(5-2)7-10-6-11(9(3)13)14-8-10/h6,8H,4-5,7H2,1-3H3. The molecule has 14 heavy (non-hydrogen) atoms. The molecule has 0 bridgehead atoms. The molecule has 3 nitrogen and oxygen atoms in total. The highest BCUT2D eigenvalue weighted by molar-refractivity contribution is 5.91. The highest BCUT2D eigenvalue weighted by atomic mass is 16.3. The van der Waals surface area contributed by atoms with E-state index in [-0.39, 0.29) is 5.78 Å². The van der Waals surface area contributed by atoms with E-state index in [0.717, 1.165) is 25.2 Å². The van der Waals surface area contributed by atoms with Crippen LogP contribution < -0.4 is 0 Å². The molecular weight excluding hydrogens is 178 g/mol. The van der Waals surface area contributed by atoms with Gasteiger partial charge in [0.2, 0.25) is 0 Å². The van der Waals surface area contributed by atoms with Crippen LogP contribution in [0.2, 0.25) is 0 Å². The summed E-state index contributed by atoms with van der Waals surface area (Å²) in [6.45, 7) is 8.63. The Hall–Kier alpha value is -1.09. The van der Waals surface area contributed by atoms with Crippen LogP contribution in [0.1, 0.15) is 36.9 Å². The van der Waals surface area contributed by atoms with Gasteiger partial charge in [-0.1, -0.05) is 13.8 Å². The van der Waals surface area contributed by atoms with Gasteiger partial charge in [0.05, 0.1) is 6.26 Å². The van der Waals surface area contributed by atoms with Crippen LogP contribution in [0.15, 0.2) is 16.7 Å². The molecule has 0 saturated heterocycles. The number of nitrogens with zero attached hydrogens (tertiary/aromatic N) is 1. The maximum atomic E-state index is 11.0. The zero-order valence-corrected chi connectivity index (χ0v) is 9.04. The number of furan rings is 1. The van der Waals surface area contributed by atoms with Crippen molar-refractivity contribution in [2.75, 3.05) is 13.1 Å². The van der Waals surface area contributed by atoms with Crippen LogP contribution in [0.3, 0.4) is 0 Å². The molecular formula is C11H17NO2. The summed E-state index contributed by atoms with van der Waals surface area (Å²) in [6, 6.07) is 1.82. The van der Waals surface area contributed by atoms with Crippen molar-refractivity contribution >= 4 is 5.78 Å². The number of hydrogen-bond acceptors (Lipinski definition) is 3. The average Bonchev–Trinajstić information content (AvgIpc) is 2.62. The molecule has 1 aromatic rings. The monoisotopic (exact) mass is 195 g/mol. The summed E-state index contributed by atoms with van der Waals surface area (Å²) in [4.78, 5) is 13.2. The maximum Gasteiger partial charge on any atom is 0.194 e. The average molecular weight is 195 g/mol. The van der Waals surface area contributed by atoms with Crippen LogP contribution >= 0.6 is 0 Å². The summed E-state index contributed by atoms with van der Waals surface area (Å²) >= 11 is 0. The van der Waals surface area contributed by atoms with Crippen molar-refractivity contribution < 1.29 is 9.21 Å². The molecule has 0 amide bonds. The minimum Gasteiger partial charge on any atom is -0.461 e. The Balaban J connectivity index is 2.63. The minimum atomic E-state index is -0.0178. The van der Waals surface area contributed by atoms with E-state index in [4.69, 9.17) is 4.42 Å². The topological polar surface area (TPSA) is 33.5 Å².